The molecule has 5 rings (SSSR count). The summed E-state index contributed by atoms with van der Waals surface area (Å²) < 4.78 is 7.71. The molecule has 1 aliphatic heterocycles. The number of hydrogen-bond donors (Lipinski definition) is 0. The van der Waals surface area contributed by atoms with Gasteiger partial charge in [-0.1, -0.05) is 18.2 Å². The van der Waals surface area contributed by atoms with Crippen LogP contribution in [0.25, 0.3) is 17.1 Å². The molecular weight excluding hydrogens is 354 g/mol. The molecule has 0 aliphatic carbocycles. The van der Waals surface area contributed by atoms with Gasteiger partial charge >= 0.3 is 0 Å². The molecule has 0 fully saturated rings. The van der Waals surface area contributed by atoms with Gasteiger partial charge in [-0.3, -0.25) is 9.48 Å². The SMILES string of the molecule is Cc1c(-c2nccn2Cc2nnc3n2CCC3)c(=O)n(-c2ccccc2)n1C. The Labute approximate surface area is 161 Å². The highest BCUT2D eigenvalue weighted by atomic mass is 16.1. The van der Waals surface area contributed by atoms with Gasteiger partial charge in [0.25, 0.3) is 5.56 Å². The van der Waals surface area contributed by atoms with Gasteiger partial charge in [0.1, 0.15) is 17.2 Å². The number of hydrogen-bond acceptors (Lipinski definition) is 4. The molecule has 4 aromatic rings. The number of rotatable bonds is 4. The largest absolute Gasteiger partial charge is 0.323 e. The fourth-order valence-electron chi connectivity index (χ4n) is 3.97. The number of imidazole rings is 1. The van der Waals surface area contributed by atoms with Crippen LogP contribution >= 0.6 is 0 Å². The summed E-state index contributed by atoms with van der Waals surface area (Å²) in [6.45, 7) is 3.44. The molecule has 0 saturated heterocycles. The average Bonchev–Trinajstić information content (AvgIpc) is 3.45. The van der Waals surface area contributed by atoms with Gasteiger partial charge < -0.3 is 9.13 Å². The average molecular weight is 375 g/mol. The Hall–Kier alpha value is -3.42. The highest BCUT2D eigenvalue weighted by Crippen LogP contribution is 2.22. The summed E-state index contributed by atoms with van der Waals surface area (Å²) in [7, 11) is 1.89. The summed E-state index contributed by atoms with van der Waals surface area (Å²) in [5, 5.41) is 8.62. The fourth-order valence-corrected chi connectivity index (χ4v) is 3.97. The molecule has 0 bridgehead atoms. The minimum atomic E-state index is -0.0786. The van der Waals surface area contributed by atoms with Crippen molar-refractivity contribution in [1.29, 1.82) is 0 Å². The van der Waals surface area contributed by atoms with Gasteiger partial charge in [-0.2, -0.15) is 0 Å². The molecule has 0 N–H and O–H groups in total. The molecule has 0 spiro atoms. The van der Waals surface area contributed by atoms with Gasteiger partial charge in [0.2, 0.25) is 0 Å². The van der Waals surface area contributed by atoms with Gasteiger partial charge in [-0.05, 0) is 25.5 Å². The Bertz CT molecular complexity index is 1210. The van der Waals surface area contributed by atoms with Crippen molar-refractivity contribution in [2.75, 3.05) is 0 Å². The Kier molecular flexibility index (Phi) is 3.78. The van der Waals surface area contributed by atoms with Crippen LogP contribution in [-0.4, -0.2) is 33.7 Å². The lowest BCUT2D eigenvalue weighted by Crippen LogP contribution is -2.20. The Morgan fingerprint density at radius 3 is 2.79 bits per heavy atom. The maximum absolute atomic E-state index is 13.3. The highest BCUT2D eigenvalue weighted by Gasteiger charge is 2.23. The van der Waals surface area contributed by atoms with Crippen molar-refractivity contribution < 1.29 is 0 Å². The molecule has 8 heteroatoms. The van der Waals surface area contributed by atoms with Crippen molar-refractivity contribution in [2.45, 2.75) is 32.9 Å². The molecule has 0 saturated carbocycles. The van der Waals surface area contributed by atoms with Crippen LogP contribution in [0.4, 0.5) is 0 Å². The lowest BCUT2D eigenvalue weighted by atomic mass is 10.2. The second kappa shape index (κ2) is 6.33. The van der Waals surface area contributed by atoms with Crippen molar-refractivity contribution >= 4 is 0 Å². The Balaban J connectivity index is 1.60. The molecule has 0 unspecified atom stereocenters. The third-order valence-electron chi connectivity index (χ3n) is 5.49. The van der Waals surface area contributed by atoms with Gasteiger partial charge in [0, 0.05) is 38.1 Å². The molecule has 142 valence electrons. The van der Waals surface area contributed by atoms with Gasteiger partial charge in [0.15, 0.2) is 5.82 Å². The monoisotopic (exact) mass is 375 g/mol. The first-order chi connectivity index (χ1) is 13.6. The van der Waals surface area contributed by atoms with E-state index in [1.807, 2.05) is 59.7 Å². The fraction of sp³-hybridized carbons (Fsp3) is 0.300. The summed E-state index contributed by atoms with van der Waals surface area (Å²) in [5.74, 6) is 2.60. The van der Waals surface area contributed by atoms with E-state index in [1.54, 1.807) is 10.9 Å². The molecule has 1 aromatic carbocycles. The lowest BCUT2D eigenvalue weighted by Gasteiger charge is -2.08. The molecule has 3 aromatic heterocycles. The van der Waals surface area contributed by atoms with Gasteiger partial charge in [0.05, 0.1) is 12.2 Å². The zero-order chi connectivity index (χ0) is 19.3. The predicted octanol–water partition coefficient (Wildman–Crippen LogP) is 1.93. The standard InChI is InChI=1S/C20H21N7O/c1-14-18(20(28)27(24(14)2)15-7-4-3-5-8-15)19-21-10-12-25(19)13-17-23-22-16-9-6-11-26(16)17/h3-5,7-8,10,12H,6,9,11,13H2,1-2H3. The normalized spacial score (nSPS) is 13.2. The molecular formula is C20H21N7O. The Morgan fingerprint density at radius 1 is 1.14 bits per heavy atom. The second-order valence-electron chi connectivity index (χ2n) is 7.10. The molecule has 1 aliphatic rings. The van der Waals surface area contributed by atoms with E-state index in [2.05, 4.69) is 19.7 Å². The summed E-state index contributed by atoms with van der Waals surface area (Å²) in [6, 6.07) is 9.65. The molecule has 8 nitrogen and oxygen atoms in total. The van der Waals surface area contributed by atoms with Crippen LogP contribution in [0.5, 0.6) is 0 Å². The van der Waals surface area contributed by atoms with Crippen LogP contribution in [0.15, 0.2) is 47.5 Å². The van der Waals surface area contributed by atoms with Gasteiger partial charge in [-0.15, -0.1) is 10.2 Å². The topological polar surface area (TPSA) is 75.5 Å². The maximum atomic E-state index is 13.3. The molecule has 0 amide bonds. The number of fused-ring (bicyclic) bond motifs is 1. The zero-order valence-corrected chi connectivity index (χ0v) is 15.9. The summed E-state index contributed by atoms with van der Waals surface area (Å²) in [4.78, 5) is 17.8. The zero-order valence-electron chi connectivity index (χ0n) is 15.9. The molecule has 0 atom stereocenters. The molecule has 4 heterocycles. The minimum absolute atomic E-state index is 0.0786. The van der Waals surface area contributed by atoms with E-state index < -0.39 is 0 Å². The van der Waals surface area contributed by atoms with Crippen LogP contribution < -0.4 is 5.56 Å². The van der Waals surface area contributed by atoms with E-state index in [4.69, 9.17) is 0 Å². The van der Waals surface area contributed by atoms with Crippen LogP contribution in [0.1, 0.15) is 23.8 Å². The number of para-hydroxylation sites is 1. The Morgan fingerprint density at radius 2 is 1.96 bits per heavy atom. The number of aromatic nitrogens is 7. The number of benzene rings is 1. The lowest BCUT2D eigenvalue weighted by molar-refractivity contribution is 0.630. The van der Waals surface area contributed by atoms with Crippen molar-refractivity contribution in [3.05, 3.63) is 70.4 Å². The predicted molar refractivity (Wildman–Crippen MR) is 104 cm³/mol. The highest BCUT2D eigenvalue weighted by molar-refractivity contribution is 5.59. The smallest absolute Gasteiger partial charge is 0.282 e. The van der Waals surface area contributed by atoms with Crippen LogP contribution in [0.3, 0.4) is 0 Å². The quantitative estimate of drug-likeness (QED) is 0.546. The van der Waals surface area contributed by atoms with Crippen molar-refractivity contribution in [2.24, 2.45) is 7.05 Å². The number of nitrogens with zero attached hydrogens (tertiary/aromatic N) is 7. The minimum Gasteiger partial charge on any atom is -0.323 e. The van der Waals surface area contributed by atoms with Gasteiger partial charge in [-0.25, -0.2) is 9.67 Å². The first-order valence-electron chi connectivity index (χ1n) is 9.41. The summed E-state index contributed by atoms with van der Waals surface area (Å²) in [6.07, 6.45) is 5.71. The van der Waals surface area contributed by atoms with E-state index >= 15 is 0 Å². The third-order valence-corrected chi connectivity index (χ3v) is 5.49. The summed E-state index contributed by atoms with van der Waals surface area (Å²) >= 11 is 0. The van der Waals surface area contributed by atoms with Crippen LogP contribution in [-0.2, 0) is 26.6 Å². The number of aryl methyl sites for hydroxylation is 1. The van der Waals surface area contributed by atoms with E-state index in [1.165, 1.54) is 0 Å². The van der Waals surface area contributed by atoms with E-state index in [0.29, 0.717) is 17.9 Å². The van der Waals surface area contributed by atoms with Crippen LogP contribution in [0, 0.1) is 6.92 Å². The molecule has 0 radical (unpaired) electrons. The maximum Gasteiger partial charge on any atom is 0.282 e. The second-order valence-corrected chi connectivity index (χ2v) is 7.10. The van der Waals surface area contributed by atoms with Crippen molar-refractivity contribution in [3.63, 3.8) is 0 Å². The van der Waals surface area contributed by atoms with E-state index in [9.17, 15) is 4.79 Å². The summed E-state index contributed by atoms with van der Waals surface area (Å²) in [5.41, 5.74) is 2.23. The third kappa shape index (κ3) is 2.45. The first kappa shape index (κ1) is 16.7. The van der Waals surface area contributed by atoms with Crippen molar-refractivity contribution in [3.8, 4) is 17.1 Å². The van der Waals surface area contributed by atoms with E-state index in [-0.39, 0.29) is 5.56 Å². The van der Waals surface area contributed by atoms with E-state index in [0.717, 1.165) is 42.4 Å². The first-order valence-corrected chi connectivity index (χ1v) is 9.41. The van der Waals surface area contributed by atoms with Crippen LogP contribution in [0.2, 0.25) is 0 Å². The molecule has 28 heavy (non-hydrogen) atoms. The van der Waals surface area contributed by atoms with Crippen molar-refractivity contribution in [1.82, 2.24) is 33.7 Å².